The average Bonchev–Trinajstić information content (AvgIpc) is 2.94. The summed E-state index contributed by atoms with van der Waals surface area (Å²) in [5.74, 6) is -2.01. The Bertz CT molecular complexity index is 966. The number of carbonyl (C=O) groups is 3. The molecule has 0 aliphatic carbocycles. The third-order valence-electron chi connectivity index (χ3n) is 5.21. The molecule has 2 aliphatic heterocycles. The number of thioether (sulfide) groups is 1. The van der Waals surface area contributed by atoms with Gasteiger partial charge in [0, 0.05) is 10.3 Å². The molecule has 2 fully saturated rings. The first-order valence-electron chi connectivity index (χ1n) is 8.97. The Morgan fingerprint density at radius 2 is 1.69 bits per heavy atom. The van der Waals surface area contributed by atoms with E-state index in [1.165, 1.54) is 16.7 Å². The number of carbonyl (C=O) groups excluding carboxylic acids is 3. The third kappa shape index (κ3) is 3.72. The van der Waals surface area contributed by atoms with Gasteiger partial charge in [0.05, 0.1) is 12.0 Å². The number of carboxylic acids is 1. The molecule has 2 saturated heterocycles. The zero-order valence-electron chi connectivity index (χ0n) is 16.4. The van der Waals surface area contributed by atoms with E-state index in [-0.39, 0.29) is 41.4 Å². The fourth-order valence-electron chi connectivity index (χ4n) is 3.90. The number of carboxylic acid groups (broad SMARTS) is 1. The molecule has 4 rings (SSSR count). The van der Waals surface area contributed by atoms with E-state index in [9.17, 15) is 19.5 Å². The standard InChI is InChI=1S/C21H20N2O4S.Na/c1-21(2)16(20(26)27)23-18(25)15(19(23)28-21)22-17(24)14-11-7-6-10-13(14)12-8-4-3-5-9-12;/h3-11,15-16,19H,1-2H3,(H,22,24)(H,26,27);/q;+1/p-1/t15-,16+,19-;/m1./s1. The van der Waals surface area contributed by atoms with Crippen LogP contribution in [0.1, 0.15) is 24.2 Å². The number of amides is 2. The molecule has 6 nitrogen and oxygen atoms in total. The van der Waals surface area contributed by atoms with Crippen LogP contribution < -0.4 is 40.0 Å². The number of hydrogen-bond acceptors (Lipinski definition) is 5. The van der Waals surface area contributed by atoms with Crippen LogP contribution in [-0.2, 0) is 9.59 Å². The summed E-state index contributed by atoms with van der Waals surface area (Å²) in [7, 11) is 0. The predicted octanol–water partition coefficient (Wildman–Crippen LogP) is -1.73. The van der Waals surface area contributed by atoms with Gasteiger partial charge in [0.25, 0.3) is 5.91 Å². The van der Waals surface area contributed by atoms with Crippen LogP contribution in [0.2, 0.25) is 0 Å². The molecule has 3 atom stereocenters. The van der Waals surface area contributed by atoms with Crippen molar-refractivity contribution in [2.45, 2.75) is 36.1 Å². The minimum absolute atomic E-state index is 0. The molecule has 0 radical (unpaired) electrons. The molecule has 144 valence electrons. The largest absolute Gasteiger partial charge is 1.00 e. The summed E-state index contributed by atoms with van der Waals surface area (Å²) >= 11 is 1.37. The second-order valence-electron chi connectivity index (χ2n) is 7.44. The van der Waals surface area contributed by atoms with E-state index in [2.05, 4.69) is 5.32 Å². The summed E-state index contributed by atoms with van der Waals surface area (Å²) in [5.41, 5.74) is 2.15. The van der Waals surface area contributed by atoms with Gasteiger partial charge < -0.3 is 20.1 Å². The number of rotatable bonds is 4. The summed E-state index contributed by atoms with van der Waals surface area (Å²) in [4.78, 5) is 38.3. The van der Waals surface area contributed by atoms with Crippen molar-refractivity contribution in [3.63, 3.8) is 0 Å². The van der Waals surface area contributed by atoms with Crippen LogP contribution in [0.25, 0.3) is 11.1 Å². The van der Waals surface area contributed by atoms with Gasteiger partial charge in [-0.3, -0.25) is 9.59 Å². The summed E-state index contributed by atoms with van der Waals surface area (Å²) in [6, 6.07) is 15.0. The van der Waals surface area contributed by atoms with Gasteiger partial charge in [0.15, 0.2) is 0 Å². The van der Waals surface area contributed by atoms with E-state index >= 15 is 0 Å². The molecule has 2 aromatic rings. The van der Waals surface area contributed by atoms with Gasteiger partial charge in [-0.05, 0) is 31.0 Å². The number of β-lactam (4-membered cyclic amide) rings is 1. The topological polar surface area (TPSA) is 89.5 Å². The smallest absolute Gasteiger partial charge is 0.548 e. The summed E-state index contributed by atoms with van der Waals surface area (Å²) < 4.78 is -0.680. The number of aliphatic carboxylic acids is 1. The first-order chi connectivity index (χ1) is 13.3. The summed E-state index contributed by atoms with van der Waals surface area (Å²) in [5, 5.41) is 13.9. The van der Waals surface area contributed by atoms with Crippen LogP contribution >= 0.6 is 11.8 Å². The van der Waals surface area contributed by atoms with Gasteiger partial charge in [0.1, 0.15) is 11.4 Å². The van der Waals surface area contributed by atoms with Gasteiger partial charge in [-0.15, -0.1) is 11.8 Å². The van der Waals surface area contributed by atoms with Gasteiger partial charge in [-0.2, -0.15) is 0 Å². The van der Waals surface area contributed by atoms with Gasteiger partial charge in [-0.25, -0.2) is 0 Å². The quantitative estimate of drug-likeness (QED) is 0.471. The predicted molar refractivity (Wildman–Crippen MR) is 104 cm³/mol. The van der Waals surface area contributed by atoms with Gasteiger partial charge in [-0.1, -0.05) is 48.5 Å². The fourth-order valence-corrected chi connectivity index (χ4v) is 5.52. The van der Waals surface area contributed by atoms with Crippen LogP contribution in [0.3, 0.4) is 0 Å². The molecular formula is C21H19N2NaO4S. The van der Waals surface area contributed by atoms with Crippen molar-refractivity contribution in [1.82, 2.24) is 10.2 Å². The molecule has 0 bridgehead atoms. The van der Waals surface area contributed by atoms with Crippen LogP contribution in [0.15, 0.2) is 54.6 Å². The molecule has 0 saturated carbocycles. The van der Waals surface area contributed by atoms with Crippen molar-refractivity contribution >= 4 is 29.5 Å². The molecule has 2 aromatic carbocycles. The molecule has 29 heavy (non-hydrogen) atoms. The zero-order chi connectivity index (χ0) is 20.1. The van der Waals surface area contributed by atoms with Crippen molar-refractivity contribution in [1.29, 1.82) is 0 Å². The number of nitrogens with zero attached hydrogens (tertiary/aromatic N) is 1. The average molecular weight is 418 g/mol. The molecule has 1 N–H and O–H groups in total. The summed E-state index contributed by atoms with van der Waals surface area (Å²) in [6.07, 6.45) is 0. The Morgan fingerprint density at radius 3 is 2.34 bits per heavy atom. The second kappa shape index (κ2) is 8.14. The van der Waals surface area contributed by atoms with Crippen LogP contribution in [0.4, 0.5) is 0 Å². The van der Waals surface area contributed by atoms with E-state index < -0.39 is 28.2 Å². The number of fused-ring (bicyclic) bond motifs is 1. The molecule has 2 heterocycles. The minimum Gasteiger partial charge on any atom is -0.548 e. The van der Waals surface area contributed by atoms with Gasteiger partial charge in [0.2, 0.25) is 5.91 Å². The monoisotopic (exact) mass is 418 g/mol. The molecular weight excluding hydrogens is 399 g/mol. The summed E-state index contributed by atoms with van der Waals surface area (Å²) in [6.45, 7) is 3.54. The Hall–Kier alpha value is -1.80. The zero-order valence-corrected chi connectivity index (χ0v) is 19.2. The molecule has 2 aliphatic rings. The normalized spacial score (nSPS) is 24.1. The Kier molecular flexibility index (Phi) is 6.15. The number of hydrogen-bond donors (Lipinski definition) is 1. The molecule has 8 heteroatoms. The van der Waals surface area contributed by atoms with Crippen LogP contribution in [-0.4, -0.2) is 44.9 Å². The van der Waals surface area contributed by atoms with Crippen molar-refractivity contribution < 1.29 is 49.0 Å². The second-order valence-corrected chi connectivity index (χ2v) is 9.21. The maximum atomic E-state index is 12.9. The van der Waals surface area contributed by atoms with Crippen molar-refractivity contribution in [3.05, 3.63) is 60.2 Å². The number of nitrogens with one attached hydrogen (secondary N) is 1. The van der Waals surface area contributed by atoms with Crippen LogP contribution in [0.5, 0.6) is 0 Å². The maximum Gasteiger partial charge on any atom is 1.00 e. The SMILES string of the molecule is CC1(C)S[C@@H]2[C@H](NC(=O)c3ccccc3-c3ccccc3)C(=O)N2[C@H]1C(=O)[O-].[Na+]. The fraction of sp³-hybridized carbons (Fsp3) is 0.286. The van der Waals surface area contributed by atoms with E-state index in [0.29, 0.717) is 5.56 Å². The van der Waals surface area contributed by atoms with E-state index in [1.54, 1.807) is 26.0 Å². The van der Waals surface area contributed by atoms with Gasteiger partial charge >= 0.3 is 29.6 Å². The molecule has 0 aromatic heterocycles. The van der Waals surface area contributed by atoms with Crippen molar-refractivity contribution in [3.8, 4) is 11.1 Å². The Labute approximate surface area is 195 Å². The van der Waals surface area contributed by atoms with E-state index in [4.69, 9.17) is 0 Å². The molecule has 0 unspecified atom stereocenters. The Balaban J connectivity index is 0.00000240. The van der Waals surface area contributed by atoms with E-state index in [1.807, 2.05) is 42.5 Å². The molecule has 2 amide bonds. The maximum absolute atomic E-state index is 12.9. The Morgan fingerprint density at radius 1 is 1.07 bits per heavy atom. The van der Waals surface area contributed by atoms with E-state index in [0.717, 1.165) is 11.1 Å². The molecule has 0 spiro atoms. The van der Waals surface area contributed by atoms with Crippen molar-refractivity contribution in [2.24, 2.45) is 0 Å². The third-order valence-corrected chi connectivity index (χ3v) is 6.78. The first-order valence-corrected chi connectivity index (χ1v) is 9.85. The van der Waals surface area contributed by atoms with Crippen molar-refractivity contribution in [2.75, 3.05) is 0 Å². The first kappa shape index (κ1) is 21.9. The minimum atomic E-state index is -1.27. The van der Waals surface area contributed by atoms with Crippen LogP contribution in [0, 0.1) is 0 Å². The number of benzene rings is 2.